The summed E-state index contributed by atoms with van der Waals surface area (Å²) in [5, 5.41) is 3.40. The molecule has 3 rings (SSSR count). The third kappa shape index (κ3) is 3.58. The van der Waals surface area contributed by atoms with E-state index in [0.29, 0.717) is 16.6 Å². The predicted octanol–water partition coefficient (Wildman–Crippen LogP) is 3.65. The highest BCUT2D eigenvalue weighted by Gasteiger charge is 2.19. The Bertz CT molecular complexity index is 954. The fraction of sp³-hybridized carbons (Fsp3) is 0.0588. The smallest absolute Gasteiger partial charge is 0.305 e. The lowest BCUT2D eigenvalue weighted by molar-refractivity contribution is 0.0917. The summed E-state index contributed by atoms with van der Waals surface area (Å²) in [5.74, 6) is -1.53. The molecule has 8 heteroatoms. The number of halogens is 2. The fourth-order valence-corrected chi connectivity index (χ4v) is 2.46. The van der Waals surface area contributed by atoms with Gasteiger partial charge in [0.25, 0.3) is 0 Å². The lowest BCUT2D eigenvalue weighted by atomic mass is 10.1. The number of hydrazine groups is 1. The summed E-state index contributed by atoms with van der Waals surface area (Å²) in [7, 11) is 0. The average molecular weight is 361 g/mol. The van der Waals surface area contributed by atoms with Crippen LogP contribution in [-0.2, 0) is 0 Å². The number of carbonyl (C=O) groups is 1. The molecule has 1 amide bonds. The zero-order valence-electron chi connectivity index (χ0n) is 13.0. The van der Waals surface area contributed by atoms with Crippen LogP contribution in [0.4, 0.5) is 14.5 Å². The van der Waals surface area contributed by atoms with Crippen molar-refractivity contribution < 1.29 is 18.0 Å². The van der Waals surface area contributed by atoms with Crippen molar-refractivity contribution in [2.24, 2.45) is 0 Å². The molecular formula is C17H13F2N3O2S. The van der Waals surface area contributed by atoms with E-state index in [-0.39, 0.29) is 22.3 Å². The molecule has 0 unspecified atom stereocenters. The van der Waals surface area contributed by atoms with Gasteiger partial charge in [0.1, 0.15) is 5.82 Å². The topological polar surface area (TPSA) is 66.3 Å². The molecule has 3 N–H and O–H groups in total. The molecule has 0 saturated carbocycles. The van der Waals surface area contributed by atoms with E-state index >= 15 is 0 Å². The van der Waals surface area contributed by atoms with E-state index in [1.54, 1.807) is 19.1 Å². The van der Waals surface area contributed by atoms with E-state index in [0.717, 1.165) is 0 Å². The largest absolute Gasteiger partial charge is 0.447 e. The second-order valence-electron chi connectivity index (χ2n) is 5.21. The number of hydrogen-bond acceptors (Lipinski definition) is 3. The van der Waals surface area contributed by atoms with Gasteiger partial charge in [-0.1, -0.05) is 12.1 Å². The van der Waals surface area contributed by atoms with Gasteiger partial charge in [0.2, 0.25) is 0 Å². The van der Waals surface area contributed by atoms with Crippen molar-refractivity contribution >= 4 is 39.9 Å². The van der Waals surface area contributed by atoms with Crippen molar-refractivity contribution in [1.29, 1.82) is 0 Å². The Morgan fingerprint density at radius 2 is 1.80 bits per heavy atom. The molecule has 0 bridgehead atoms. The molecular weight excluding hydrogens is 348 g/mol. The van der Waals surface area contributed by atoms with E-state index in [4.69, 9.17) is 16.6 Å². The van der Waals surface area contributed by atoms with Crippen LogP contribution in [0.15, 0.2) is 46.9 Å². The Balaban J connectivity index is 1.66. The number of furan rings is 1. The van der Waals surface area contributed by atoms with Crippen molar-refractivity contribution in [2.75, 3.05) is 5.32 Å². The van der Waals surface area contributed by atoms with Crippen molar-refractivity contribution in [3.63, 3.8) is 0 Å². The third-order valence-corrected chi connectivity index (χ3v) is 3.72. The van der Waals surface area contributed by atoms with Crippen LogP contribution < -0.4 is 16.2 Å². The molecule has 1 aromatic heterocycles. The standard InChI is InChI=1S/C17H13F2N3O2S/c1-9-12-3-2-4-13(19)15(12)24-14(9)16(23)21-22-17(25)20-11-7-5-10(18)6-8-11/h2-8H,1H3,(H,21,23)(H2,20,22,25). The Morgan fingerprint density at radius 1 is 1.08 bits per heavy atom. The van der Waals surface area contributed by atoms with Gasteiger partial charge in [-0.3, -0.25) is 15.6 Å². The SMILES string of the molecule is Cc1c(C(=O)NNC(=S)Nc2ccc(F)cc2)oc2c(F)cccc12. The molecule has 0 radical (unpaired) electrons. The highest BCUT2D eigenvalue weighted by molar-refractivity contribution is 7.80. The van der Waals surface area contributed by atoms with Gasteiger partial charge in [0.05, 0.1) is 0 Å². The van der Waals surface area contributed by atoms with Gasteiger partial charge in [-0.25, -0.2) is 8.78 Å². The number of hydrogen-bond donors (Lipinski definition) is 3. The van der Waals surface area contributed by atoms with E-state index in [1.165, 1.54) is 30.3 Å². The molecule has 0 fully saturated rings. The van der Waals surface area contributed by atoms with Gasteiger partial charge in [-0.15, -0.1) is 0 Å². The van der Waals surface area contributed by atoms with Gasteiger partial charge in [0, 0.05) is 16.6 Å². The fourth-order valence-electron chi connectivity index (χ4n) is 2.29. The first-order chi connectivity index (χ1) is 12.0. The van der Waals surface area contributed by atoms with E-state index in [9.17, 15) is 13.6 Å². The van der Waals surface area contributed by atoms with Crippen molar-refractivity contribution in [3.8, 4) is 0 Å². The number of rotatable bonds is 2. The monoisotopic (exact) mass is 361 g/mol. The minimum absolute atomic E-state index is 0.0165. The third-order valence-electron chi connectivity index (χ3n) is 3.51. The number of anilines is 1. The summed E-state index contributed by atoms with van der Waals surface area (Å²) in [6.07, 6.45) is 0. The van der Waals surface area contributed by atoms with Crippen molar-refractivity contribution in [3.05, 3.63) is 65.4 Å². The Morgan fingerprint density at radius 3 is 2.48 bits per heavy atom. The van der Waals surface area contributed by atoms with E-state index < -0.39 is 11.7 Å². The average Bonchev–Trinajstić information content (AvgIpc) is 2.93. The number of fused-ring (bicyclic) bond motifs is 1. The Hall–Kier alpha value is -3.00. The quantitative estimate of drug-likeness (QED) is 0.480. The molecule has 0 aliphatic rings. The van der Waals surface area contributed by atoms with Crippen LogP contribution in [0.2, 0.25) is 0 Å². The zero-order chi connectivity index (χ0) is 18.0. The molecule has 5 nitrogen and oxygen atoms in total. The number of aryl methyl sites for hydroxylation is 1. The van der Waals surface area contributed by atoms with Crippen LogP contribution in [0.1, 0.15) is 16.1 Å². The number of thiocarbonyl (C=S) groups is 1. The van der Waals surface area contributed by atoms with E-state index in [1.807, 2.05) is 0 Å². The molecule has 3 aromatic rings. The maximum absolute atomic E-state index is 13.7. The van der Waals surface area contributed by atoms with Crippen molar-refractivity contribution in [2.45, 2.75) is 6.92 Å². The molecule has 1 heterocycles. The number of para-hydroxylation sites is 1. The van der Waals surface area contributed by atoms with Crippen LogP contribution in [-0.4, -0.2) is 11.0 Å². The molecule has 128 valence electrons. The minimum Gasteiger partial charge on any atom is -0.447 e. The second kappa shape index (κ2) is 6.86. The normalized spacial score (nSPS) is 10.5. The van der Waals surface area contributed by atoms with E-state index in [2.05, 4.69) is 16.2 Å². The van der Waals surface area contributed by atoms with Gasteiger partial charge >= 0.3 is 5.91 Å². The van der Waals surface area contributed by atoms with Gasteiger partial charge in [-0.2, -0.15) is 0 Å². The molecule has 25 heavy (non-hydrogen) atoms. The molecule has 0 spiro atoms. The van der Waals surface area contributed by atoms with Crippen LogP contribution in [0.5, 0.6) is 0 Å². The minimum atomic E-state index is -0.601. The highest BCUT2D eigenvalue weighted by atomic mass is 32.1. The predicted molar refractivity (Wildman–Crippen MR) is 94.1 cm³/mol. The van der Waals surface area contributed by atoms with Gasteiger partial charge in [0.15, 0.2) is 22.3 Å². The number of benzene rings is 2. The first-order valence-electron chi connectivity index (χ1n) is 7.26. The summed E-state index contributed by atoms with van der Waals surface area (Å²) in [4.78, 5) is 12.2. The molecule has 0 aliphatic carbocycles. The van der Waals surface area contributed by atoms with Crippen LogP contribution in [0, 0.1) is 18.6 Å². The first kappa shape index (κ1) is 16.8. The van der Waals surface area contributed by atoms with Gasteiger partial charge < -0.3 is 9.73 Å². The first-order valence-corrected chi connectivity index (χ1v) is 7.67. The number of carbonyl (C=O) groups excluding carboxylic acids is 1. The van der Waals surface area contributed by atoms with Crippen LogP contribution in [0.25, 0.3) is 11.0 Å². The summed E-state index contributed by atoms with van der Waals surface area (Å²) in [6, 6.07) is 10.0. The maximum atomic E-state index is 13.7. The van der Waals surface area contributed by atoms with Crippen LogP contribution in [0.3, 0.4) is 0 Å². The molecule has 0 saturated heterocycles. The lowest BCUT2D eigenvalue weighted by Crippen LogP contribution is -2.43. The molecule has 0 aliphatic heterocycles. The lowest BCUT2D eigenvalue weighted by Gasteiger charge is -2.11. The zero-order valence-corrected chi connectivity index (χ0v) is 13.8. The number of amides is 1. The van der Waals surface area contributed by atoms with Gasteiger partial charge in [-0.05, 0) is 49.5 Å². The maximum Gasteiger partial charge on any atom is 0.305 e. The Labute approximate surface area is 147 Å². The van der Waals surface area contributed by atoms with Crippen LogP contribution >= 0.6 is 12.2 Å². The molecule has 0 atom stereocenters. The summed E-state index contributed by atoms with van der Waals surface area (Å²) >= 11 is 5.03. The second-order valence-corrected chi connectivity index (χ2v) is 5.62. The van der Waals surface area contributed by atoms with Crippen molar-refractivity contribution in [1.82, 2.24) is 10.9 Å². The Kier molecular flexibility index (Phi) is 4.62. The summed E-state index contributed by atoms with van der Waals surface area (Å²) in [6.45, 7) is 1.66. The number of nitrogens with one attached hydrogen (secondary N) is 3. The molecule has 2 aromatic carbocycles. The summed E-state index contributed by atoms with van der Waals surface area (Å²) < 4.78 is 31.9. The summed E-state index contributed by atoms with van der Waals surface area (Å²) in [5.41, 5.74) is 5.97. The highest BCUT2D eigenvalue weighted by Crippen LogP contribution is 2.27.